The summed E-state index contributed by atoms with van der Waals surface area (Å²) in [6.07, 6.45) is 2.08. The van der Waals surface area contributed by atoms with Gasteiger partial charge in [-0.3, -0.25) is 4.68 Å². The van der Waals surface area contributed by atoms with Crippen molar-refractivity contribution in [3.8, 4) is 0 Å². The van der Waals surface area contributed by atoms with Gasteiger partial charge in [-0.25, -0.2) is 4.98 Å². The van der Waals surface area contributed by atoms with Crippen LogP contribution in [0.2, 0.25) is 0 Å². The van der Waals surface area contributed by atoms with Gasteiger partial charge in [0.2, 0.25) is 0 Å². The summed E-state index contributed by atoms with van der Waals surface area (Å²) < 4.78 is 1.87. The third-order valence-electron chi connectivity index (χ3n) is 3.58. The van der Waals surface area contributed by atoms with E-state index in [0.29, 0.717) is 6.04 Å². The normalized spacial score (nSPS) is 13.7. The Kier molecular flexibility index (Phi) is 4.54. The summed E-state index contributed by atoms with van der Waals surface area (Å²) in [6.45, 7) is 13.8. The molecule has 1 unspecified atom stereocenters. The molecule has 21 heavy (non-hydrogen) atoms. The van der Waals surface area contributed by atoms with E-state index in [-0.39, 0.29) is 5.41 Å². The van der Waals surface area contributed by atoms with Crippen LogP contribution in [0, 0.1) is 13.8 Å². The van der Waals surface area contributed by atoms with E-state index in [9.17, 15) is 0 Å². The Balaban J connectivity index is 2.08. The molecule has 0 amide bonds. The van der Waals surface area contributed by atoms with Crippen LogP contribution in [0.1, 0.15) is 60.6 Å². The summed E-state index contributed by atoms with van der Waals surface area (Å²) >= 11 is 1.82. The highest BCUT2D eigenvalue weighted by Crippen LogP contribution is 2.32. The lowest BCUT2D eigenvalue weighted by Crippen LogP contribution is -2.18. The lowest BCUT2D eigenvalue weighted by Gasteiger charge is -2.14. The number of thiazole rings is 1. The van der Waals surface area contributed by atoms with E-state index < -0.39 is 0 Å². The highest BCUT2D eigenvalue weighted by Gasteiger charge is 2.22. The van der Waals surface area contributed by atoms with Crippen molar-refractivity contribution in [3.05, 3.63) is 33.0 Å². The maximum Gasteiger partial charge on any atom is 0.0985 e. The van der Waals surface area contributed by atoms with Crippen molar-refractivity contribution in [2.45, 2.75) is 59.5 Å². The SMILES string of the molecule is Cc1nn(C)cc1CNC(C)c1sc(C(C)(C)C)nc1C. The summed E-state index contributed by atoms with van der Waals surface area (Å²) in [4.78, 5) is 6.08. The van der Waals surface area contributed by atoms with Gasteiger partial charge in [0.05, 0.1) is 16.4 Å². The minimum absolute atomic E-state index is 0.118. The van der Waals surface area contributed by atoms with Crippen LogP contribution >= 0.6 is 11.3 Å². The van der Waals surface area contributed by atoms with E-state index >= 15 is 0 Å². The van der Waals surface area contributed by atoms with Gasteiger partial charge in [0, 0.05) is 41.7 Å². The Bertz CT molecular complexity index is 619. The quantitative estimate of drug-likeness (QED) is 0.937. The van der Waals surface area contributed by atoms with Crippen molar-refractivity contribution in [1.82, 2.24) is 20.1 Å². The highest BCUT2D eigenvalue weighted by atomic mass is 32.1. The zero-order chi connectivity index (χ0) is 15.8. The fourth-order valence-electron chi connectivity index (χ4n) is 2.31. The third-order valence-corrected chi connectivity index (χ3v) is 5.35. The van der Waals surface area contributed by atoms with Crippen molar-refractivity contribution < 1.29 is 0 Å². The van der Waals surface area contributed by atoms with Crippen molar-refractivity contribution in [2.24, 2.45) is 7.05 Å². The summed E-state index contributed by atoms with van der Waals surface area (Å²) in [5, 5.41) is 9.18. The monoisotopic (exact) mass is 306 g/mol. The third kappa shape index (κ3) is 3.71. The minimum atomic E-state index is 0.118. The number of hydrogen-bond acceptors (Lipinski definition) is 4. The largest absolute Gasteiger partial charge is 0.305 e. The molecule has 4 nitrogen and oxygen atoms in total. The Labute approximate surface area is 131 Å². The molecule has 1 N–H and O–H groups in total. The second-order valence-electron chi connectivity index (χ2n) is 6.73. The van der Waals surface area contributed by atoms with E-state index in [4.69, 9.17) is 4.98 Å². The zero-order valence-electron chi connectivity index (χ0n) is 14.1. The van der Waals surface area contributed by atoms with Gasteiger partial charge in [-0.15, -0.1) is 11.3 Å². The molecule has 0 saturated carbocycles. The predicted octanol–water partition coefficient (Wildman–Crippen LogP) is 3.64. The first-order valence-corrected chi connectivity index (χ1v) is 8.20. The number of hydrogen-bond donors (Lipinski definition) is 1. The summed E-state index contributed by atoms with van der Waals surface area (Å²) in [7, 11) is 1.96. The molecule has 0 spiro atoms. The number of aryl methyl sites for hydroxylation is 3. The first-order valence-electron chi connectivity index (χ1n) is 7.38. The van der Waals surface area contributed by atoms with Gasteiger partial charge < -0.3 is 5.32 Å². The van der Waals surface area contributed by atoms with Gasteiger partial charge in [-0.05, 0) is 20.8 Å². The van der Waals surface area contributed by atoms with Crippen LogP contribution < -0.4 is 5.32 Å². The van der Waals surface area contributed by atoms with Gasteiger partial charge in [0.15, 0.2) is 0 Å². The molecule has 116 valence electrons. The van der Waals surface area contributed by atoms with Gasteiger partial charge in [0.25, 0.3) is 0 Å². The topological polar surface area (TPSA) is 42.7 Å². The van der Waals surface area contributed by atoms with E-state index in [1.807, 2.05) is 23.1 Å². The summed E-state index contributed by atoms with van der Waals surface area (Å²) in [5.41, 5.74) is 3.61. The average molecular weight is 306 g/mol. The maximum atomic E-state index is 4.74. The molecule has 0 fully saturated rings. The van der Waals surface area contributed by atoms with Gasteiger partial charge in [0.1, 0.15) is 0 Å². The molecule has 1 atom stereocenters. The van der Waals surface area contributed by atoms with Gasteiger partial charge in [-0.2, -0.15) is 5.10 Å². The molecule has 0 aliphatic carbocycles. The average Bonchev–Trinajstić information content (AvgIpc) is 2.89. The zero-order valence-corrected chi connectivity index (χ0v) is 14.9. The van der Waals surface area contributed by atoms with Crippen LogP contribution in [0.25, 0.3) is 0 Å². The fraction of sp³-hybridized carbons (Fsp3) is 0.625. The van der Waals surface area contributed by atoms with Crippen LogP contribution in [0.4, 0.5) is 0 Å². The van der Waals surface area contributed by atoms with Gasteiger partial charge in [-0.1, -0.05) is 20.8 Å². The first-order chi connectivity index (χ1) is 9.68. The molecule has 0 radical (unpaired) electrons. The lowest BCUT2D eigenvalue weighted by molar-refractivity contribution is 0.576. The number of nitrogens with zero attached hydrogens (tertiary/aromatic N) is 3. The number of rotatable bonds is 4. The molecule has 2 aromatic rings. The molecular weight excluding hydrogens is 280 g/mol. The smallest absolute Gasteiger partial charge is 0.0985 e. The van der Waals surface area contributed by atoms with Crippen LogP contribution in [0.15, 0.2) is 6.20 Å². The minimum Gasteiger partial charge on any atom is -0.305 e. The Morgan fingerprint density at radius 3 is 2.43 bits per heavy atom. The van der Waals surface area contributed by atoms with E-state index in [1.54, 1.807) is 0 Å². The molecule has 0 aliphatic rings. The van der Waals surface area contributed by atoms with Crippen LogP contribution in [-0.2, 0) is 19.0 Å². The Morgan fingerprint density at radius 2 is 1.95 bits per heavy atom. The van der Waals surface area contributed by atoms with Crippen LogP contribution in [0.3, 0.4) is 0 Å². The standard InChI is InChI=1S/C16H26N4S/c1-10-13(9-20(7)19-10)8-17-11(2)14-12(3)18-15(21-14)16(4,5)6/h9,11,17H,8H2,1-7H3. The number of nitrogens with one attached hydrogen (secondary N) is 1. The maximum absolute atomic E-state index is 4.74. The molecule has 5 heteroatoms. The van der Waals surface area contributed by atoms with Crippen molar-refractivity contribution in [2.75, 3.05) is 0 Å². The molecule has 0 aliphatic heterocycles. The molecule has 0 aromatic carbocycles. The molecule has 2 aromatic heterocycles. The molecule has 2 rings (SSSR count). The highest BCUT2D eigenvalue weighted by molar-refractivity contribution is 7.12. The Hall–Kier alpha value is -1.20. The number of aromatic nitrogens is 3. The second kappa shape index (κ2) is 5.89. The summed E-state index contributed by atoms with van der Waals surface area (Å²) in [6, 6.07) is 0.304. The van der Waals surface area contributed by atoms with E-state index in [1.165, 1.54) is 15.4 Å². The lowest BCUT2D eigenvalue weighted by atomic mass is 9.98. The second-order valence-corrected chi connectivity index (χ2v) is 7.77. The summed E-state index contributed by atoms with van der Waals surface area (Å²) in [5.74, 6) is 0. The predicted molar refractivity (Wildman–Crippen MR) is 88.8 cm³/mol. The van der Waals surface area contributed by atoms with Crippen LogP contribution in [0.5, 0.6) is 0 Å². The molecular formula is C16H26N4S. The van der Waals surface area contributed by atoms with Crippen LogP contribution in [-0.4, -0.2) is 14.8 Å². The van der Waals surface area contributed by atoms with E-state index in [2.05, 4.69) is 58.2 Å². The van der Waals surface area contributed by atoms with Crippen molar-refractivity contribution >= 4 is 11.3 Å². The Morgan fingerprint density at radius 1 is 1.29 bits per heavy atom. The molecule has 2 heterocycles. The molecule has 0 bridgehead atoms. The molecule has 0 saturated heterocycles. The first kappa shape index (κ1) is 16.2. The fourth-order valence-corrected chi connectivity index (χ4v) is 3.46. The van der Waals surface area contributed by atoms with Gasteiger partial charge >= 0.3 is 0 Å². The van der Waals surface area contributed by atoms with E-state index in [0.717, 1.165) is 17.9 Å². The van der Waals surface area contributed by atoms with Crippen molar-refractivity contribution in [1.29, 1.82) is 0 Å². The van der Waals surface area contributed by atoms with Crippen molar-refractivity contribution in [3.63, 3.8) is 0 Å².